The minimum absolute atomic E-state index is 0.416. The number of halogens is 1. The third-order valence-corrected chi connectivity index (χ3v) is 4.84. The maximum Gasteiger partial charge on any atom is 0.101 e. The van der Waals surface area contributed by atoms with Crippen molar-refractivity contribution in [3.05, 3.63) is 59.6 Å². The van der Waals surface area contributed by atoms with Crippen molar-refractivity contribution in [3.8, 4) is 6.07 Å². The topological polar surface area (TPSA) is 48.7 Å². The molecule has 0 bridgehead atoms. The highest BCUT2D eigenvalue weighted by atomic mass is 35.5. The van der Waals surface area contributed by atoms with Crippen LogP contribution in [0.25, 0.3) is 5.70 Å². The molecule has 1 fully saturated rings. The second-order valence-corrected chi connectivity index (χ2v) is 6.53. The van der Waals surface area contributed by atoms with E-state index in [-0.39, 0.29) is 0 Å². The van der Waals surface area contributed by atoms with E-state index in [4.69, 9.17) is 11.6 Å². The van der Waals surface area contributed by atoms with Gasteiger partial charge >= 0.3 is 0 Å². The number of pyridine rings is 1. The van der Waals surface area contributed by atoms with Gasteiger partial charge in [-0.3, -0.25) is 4.98 Å². The second-order valence-electron chi connectivity index (χ2n) is 6.26. The van der Waals surface area contributed by atoms with Gasteiger partial charge in [-0.1, -0.05) is 38.5 Å². The fourth-order valence-electron chi connectivity index (χ4n) is 3.09. The van der Waals surface area contributed by atoms with Crippen molar-refractivity contribution in [1.82, 2.24) is 10.3 Å². The number of rotatable bonds is 6. The van der Waals surface area contributed by atoms with Gasteiger partial charge in [-0.25, -0.2) is 0 Å². The largest absolute Gasteiger partial charge is 0.357 e. The van der Waals surface area contributed by atoms with Crippen LogP contribution in [0.2, 0.25) is 0 Å². The third-order valence-electron chi connectivity index (χ3n) is 4.53. The molecule has 2 rings (SSSR count). The van der Waals surface area contributed by atoms with Crippen LogP contribution in [-0.2, 0) is 5.88 Å². The van der Waals surface area contributed by atoms with Crippen LogP contribution in [0.3, 0.4) is 0 Å². The van der Waals surface area contributed by atoms with Crippen LogP contribution in [0.4, 0.5) is 0 Å². The van der Waals surface area contributed by atoms with Crippen LogP contribution in [0.1, 0.15) is 50.3 Å². The summed E-state index contributed by atoms with van der Waals surface area (Å²) in [6, 6.07) is 6.11. The summed E-state index contributed by atoms with van der Waals surface area (Å²) in [5, 5.41) is 12.8. The zero-order valence-corrected chi connectivity index (χ0v) is 15.0. The van der Waals surface area contributed by atoms with Crippen LogP contribution >= 0.6 is 11.6 Å². The Morgan fingerprint density at radius 3 is 2.58 bits per heavy atom. The standard InChI is InChI=1S/C20H24ClN3/c1-14(18-7-5-4-6-8-18)19(12-22)15(2)24-16(3)20-10-9-17(11-21)13-23-20/h9-10,13,18,24H,1,3-8,11H2,2H3/b19-15+. The predicted octanol–water partition coefficient (Wildman–Crippen LogP) is 5.31. The second kappa shape index (κ2) is 8.70. The first kappa shape index (κ1) is 18.3. The van der Waals surface area contributed by atoms with Gasteiger partial charge < -0.3 is 5.32 Å². The van der Waals surface area contributed by atoms with Crippen molar-refractivity contribution in [1.29, 1.82) is 5.26 Å². The number of allylic oxidation sites excluding steroid dienone is 3. The van der Waals surface area contributed by atoms with E-state index in [0.717, 1.165) is 35.4 Å². The van der Waals surface area contributed by atoms with Crippen molar-refractivity contribution in [2.24, 2.45) is 5.92 Å². The molecule has 3 nitrogen and oxygen atoms in total. The van der Waals surface area contributed by atoms with E-state index < -0.39 is 0 Å². The van der Waals surface area contributed by atoms with Crippen molar-refractivity contribution >= 4 is 17.3 Å². The summed E-state index contributed by atoms with van der Waals surface area (Å²) < 4.78 is 0. The number of nitrogens with zero attached hydrogens (tertiary/aromatic N) is 2. The van der Waals surface area contributed by atoms with Crippen molar-refractivity contribution in [2.75, 3.05) is 0 Å². The lowest BCUT2D eigenvalue weighted by atomic mass is 9.81. The first-order chi connectivity index (χ1) is 11.6. The molecule has 0 aromatic carbocycles. The van der Waals surface area contributed by atoms with Crippen molar-refractivity contribution in [3.63, 3.8) is 0 Å². The summed E-state index contributed by atoms with van der Waals surface area (Å²) in [6.07, 6.45) is 7.71. The van der Waals surface area contributed by atoms with Gasteiger partial charge in [-0.15, -0.1) is 11.6 Å². The van der Waals surface area contributed by atoms with Crippen LogP contribution in [-0.4, -0.2) is 4.98 Å². The first-order valence-corrected chi connectivity index (χ1v) is 8.87. The van der Waals surface area contributed by atoms with E-state index in [1.807, 2.05) is 19.1 Å². The fraction of sp³-hybridized carbons (Fsp3) is 0.400. The fourth-order valence-corrected chi connectivity index (χ4v) is 3.24. The smallest absolute Gasteiger partial charge is 0.101 e. The molecule has 0 radical (unpaired) electrons. The maximum atomic E-state index is 9.58. The Morgan fingerprint density at radius 2 is 2.04 bits per heavy atom. The van der Waals surface area contributed by atoms with Gasteiger partial charge in [0.1, 0.15) is 6.07 Å². The van der Waals surface area contributed by atoms with Gasteiger partial charge in [0.05, 0.1) is 17.0 Å². The summed E-state index contributed by atoms with van der Waals surface area (Å²) in [6.45, 7) is 10.1. The molecule has 1 N–H and O–H groups in total. The van der Waals surface area contributed by atoms with Crippen molar-refractivity contribution < 1.29 is 0 Å². The molecule has 1 aromatic rings. The Morgan fingerprint density at radius 1 is 1.33 bits per heavy atom. The Balaban J connectivity index is 2.12. The monoisotopic (exact) mass is 341 g/mol. The van der Waals surface area contributed by atoms with E-state index in [9.17, 15) is 5.26 Å². The molecule has 1 heterocycles. The number of nitrogens with one attached hydrogen (secondary N) is 1. The number of aromatic nitrogens is 1. The molecule has 1 aromatic heterocycles. The van der Waals surface area contributed by atoms with Gasteiger partial charge in [0, 0.05) is 17.8 Å². The molecule has 0 aliphatic heterocycles. The summed E-state index contributed by atoms with van der Waals surface area (Å²) >= 11 is 5.78. The zero-order valence-electron chi connectivity index (χ0n) is 14.2. The Hall–Kier alpha value is -2.05. The average molecular weight is 342 g/mol. The summed E-state index contributed by atoms with van der Waals surface area (Å²) in [5.74, 6) is 0.853. The minimum atomic E-state index is 0.416. The molecule has 4 heteroatoms. The van der Waals surface area contributed by atoms with E-state index in [1.165, 1.54) is 19.3 Å². The highest BCUT2D eigenvalue weighted by Gasteiger charge is 2.20. The average Bonchev–Trinajstić information content (AvgIpc) is 2.63. The molecule has 1 aliphatic rings. The molecule has 0 spiro atoms. The van der Waals surface area contributed by atoms with Crippen LogP contribution in [0.5, 0.6) is 0 Å². The van der Waals surface area contributed by atoms with Crippen LogP contribution < -0.4 is 5.32 Å². The van der Waals surface area contributed by atoms with E-state index in [2.05, 4.69) is 29.5 Å². The molecule has 1 saturated carbocycles. The first-order valence-electron chi connectivity index (χ1n) is 8.34. The number of hydrogen-bond acceptors (Lipinski definition) is 3. The number of hydrogen-bond donors (Lipinski definition) is 1. The molecular weight excluding hydrogens is 318 g/mol. The third kappa shape index (κ3) is 4.49. The van der Waals surface area contributed by atoms with Gasteiger partial charge in [0.15, 0.2) is 0 Å². The Bertz CT molecular complexity index is 674. The quantitative estimate of drug-likeness (QED) is 0.433. The van der Waals surface area contributed by atoms with Crippen LogP contribution in [0, 0.1) is 17.2 Å². The lowest BCUT2D eigenvalue weighted by molar-refractivity contribution is 0.407. The minimum Gasteiger partial charge on any atom is -0.357 e. The van der Waals surface area contributed by atoms with E-state index >= 15 is 0 Å². The van der Waals surface area contributed by atoms with Gasteiger partial charge in [0.25, 0.3) is 0 Å². The summed E-state index contributed by atoms with van der Waals surface area (Å²) in [4.78, 5) is 4.35. The van der Waals surface area contributed by atoms with Gasteiger partial charge in [0.2, 0.25) is 0 Å². The van der Waals surface area contributed by atoms with Crippen LogP contribution in [0.15, 0.2) is 48.3 Å². The van der Waals surface area contributed by atoms with E-state index in [0.29, 0.717) is 23.1 Å². The molecule has 0 amide bonds. The van der Waals surface area contributed by atoms with Gasteiger partial charge in [-0.05, 0) is 42.9 Å². The van der Waals surface area contributed by atoms with Crippen molar-refractivity contribution in [2.45, 2.75) is 44.9 Å². The normalized spacial score (nSPS) is 16.0. The summed E-state index contributed by atoms with van der Waals surface area (Å²) in [5.41, 5.74) is 4.73. The number of nitriles is 1. The lowest BCUT2D eigenvalue weighted by Gasteiger charge is -2.24. The molecule has 1 aliphatic carbocycles. The number of alkyl halides is 1. The molecular formula is C20H24ClN3. The Kier molecular flexibility index (Phi) is 6.63. The maximum absolute atomic E-state index is 9.58. The highest BCUT2D eigenvalue weighted by molar-refractivity contribution is 6.17. The Labute approximate surface area is 149 Å². The van der Waals surface area contributed by atoms with Gasteiger partial charge in [-0.2, -0.15) is 5.26 Å². The molecule has 126 valence electrons. The lowest BCUT2D eigenvalue weighted by Crippen LogP contribution is -2.16. The predicted molar refractivity (Wildman–Crippen MR) is 100.0 cm³/mol. The van der Waals surface area contributed by atoms with E-state index in [1.54, 1.807) is 6.20 Å². The molecule has 24 heavy (non-hydrogen) atoms. The molecule has 0 atom stereocenters. The molecule has 0 unspecified atom stereocenters. The summed E-state index contributed by atoms with van der Waals surface area (Å²) in [7, 11) is 0. The molecule has 0 saturated heterocycles. The SMILES string of the molecule is C=C(N/C(C)=C(\C#N)C(=C)C1CCCCC1)c1ccc(CCl)cn1. The highest BCUT2D eigenvalue weighted by Crippen LogP contribution is 2.33. The zero-order chi connectivity index (χ0) is 17.5.